The van der Waals surface area contributed by atoms with Gasteiger partial charge in [-0.05, 0) is 23.7 Å². The van der Waals surface area contributed by atoms with Crippen molar-refractivity contribution in [2.24, 2.45) is 0 Å². The largest absolute Gasteiger partial charge is 0.493 e. The first-order valence-electron chi connectivity index (χ1n) is 5.05. The molecule has 7 nitrogen and oxygen atoms in total. The van der Waals surface area contributed by atoms with E-state index in [1.165, 1.54) is 13.2 Å². The second-order valence-electron chi connectivity index (χ2n) is 3.32. The van der Waals surface area contributed by atoms with Gasteiger partial charge in [0.05, 0.1) is 18.7 Å². The molecule has 0 saturated heterocycles. The molecule has 0 aliphatic heterocycles. The minimum Gasteiger partial charge on any atom is -0.493 e. The first kappa shape index (κ1) is 12.9. The summed E-state index contributed by atoms with van der Waals surface area (Å²) in [6, 6.07) is 6.60. The molecule has 1 aromatic heterocycles. The van der Waals surface area contributed by atoms with Crippen molar-refractivity contribution in [3.63, 3.8) is 0 Å². The van der Waals surface area contributed by atoms with Gasteiger partial charge in [0.25, 0.3) is 0 Å². The Morgan fingerprint density at radius 2 is 2.05 bits per heavy atom. The van der Waals surface area contributed by atoms with Crippen molar-refractivity contribution in [3.05, 3.63) is 29.0 Å². The number of benzene rings is 1. The lowest BCUT2D eigenvalue weighted by atomic mass is 10.2. The zero-order valence-corrected chi connectivity index (χ0v) is 10.5. The van der Waals surface area contributed by atoms with E-state index in [1.807, 2.05) is 6.07 Å². The molecule has 0 radical (unpaired) electrons. The molecule has 0 amide bonds. The molecular weight excluding hydrogens is 270 g/mol. The molecule has 96 valence electrons. The highest BCUT2D eigenvalue weighted by molar-refractivity contribution is 6.28. The standard InChI is InChI=1S/C11H8ClN5O2/c1-18-8-4-6(5-13)2-3-7(8)19-11-16-9(12)15-10(14)17-11/h2-4H,1H3,(H2,14,15,16,17). The number of ether oxygens (including phenoxy) is 2. The van der Waals surface area contributed by atoms with Crippen LogP contribution in [0.25, 0.3) is 0 Å². The fraction of sp³-hybridized carbons (Fsp3) is 0.0909. The fourth-order valence-corrected chi connectivity index (χ4v) is 1.47. The highest BCUT2D eigenvalue weighted by Crippen LogP contribution is 2.31. The number of nitrogens with zero attached hydrogens (tertiary/aromatic N) is 4. The molecule has 2 N–H and O–H groups in total. The summed E-state index contributed by atoms with van der Waals surface area (Å²) in [5.41, 5.74) is 5.87. The molecule has 0 atom stereocenters. The monoisotopic (exact) mass is 277 g/mol. The highest BCUT2D eigenvalue weighted by atomic mass is 35.5. The number of nitrogens with two attached hydrogens (primary N) is 1. The summed E-state index contributed by atoms with van der Waals surface area (Å²) in [4.78, 5) is 11.2. The van der Waals surface area contributed by atoms with E-state index in [0.29, 0.717) is 17.1 Å². The molecule has 8 heteroatoms. The maximum Gasteiger partial charge on any atom is 0.328 e. The van der Waals surface area contributed by atoms with Gasteiger partial charge in [-0.15, -0.1) is 0 Å². The van der Waals surface area contributed by atoms with E-state index in [0.717, 1.165) is 0 Å². The Bertz CT molecular complexity index is 636. The van der Waals surface area contributed by atoms with Crippen LogP contribution in [0.1, 0.15) is 5.56 Å². The molecule has 2 rings (SSSR count). The molecular formula is C11H8ClN5O2. The van der Waals surface area contributed by atoms with Crippen LogP contribution < -0.4 is 15.2 Å². The molecule has 0 aliphatic rings. The Hall–Kier alpha value is -2.59. The van der Waals surface area contributed by atoms with Crippen LogP contribution in [-0.4, -0.2) is 22.1 Å². The van der Waals surface area contributed by atoms with Crippen LogP contribution in [0.2, 0.25) is 5.28 Å². The van der Waals surface area contributed by atoms with Gasteiger partial charge < -0.3 is 15.2 Å². The average molecular weight is 278 g/mol. The summed E-state index contributed by atoms with van der Waals surface area (Å²) < 4.78 is 10.5. The Kier molecular flexibility index (Phi) is 3.63. The molecule has 0 unspecified atom stereocenters. The molecule has 0 fully saturated rings. The summed E-state index contributed by atoms with van der Waals surface area (Å²) in [6.45, 7) is 0. The number of anilines is 1. The maximum absolute atomic E-state index is 8.80. The van der Waals surface area contributed by atoms with Gasteiger partial charge >= 0.3 is 6.01 Å². The Labute approximate surface area is 113 Å². The summed E-state index contributed by atoms with van der Waals surface area (Å²) in [6.07, 6.45) is 0. The molecule has 1 aromatic carbocycles. The lowest BCUT2D eigenvalue weighted by Crippen LogP contribution is -2.01. The number of methoxy groups -OCH3 is 1. The second kappa shape index (κ2) is 5.37. The minimum absolute atomic E-state index is 0.0531. The van der Waals surface area contributed by atoms with E-state index in [-0.39, 0.29) is 17.2 Å². The first-order valence-corrected chi connectivity index (χ1v) is 5.43. The SMILES string of the molecule is COc1cc(C#N)ccc1Oc1nc(N)nc(Cl)n1. The van der Waals surface area contributed by atoms with Crippen LogP contribution in [0.4, 0.5) is 5.95 Å². The van der Waals surface area contributed by atoms with Crippen LogP contribution in [0.3, 0.4) is 0 Å². The molecule has 0 saturated carbocycles. The highest BCUT2D eigenvalue weighted by Gasteiger charge is 2.10. The topological polar surface area (TPSA) is 107 Å². The smallest absolute Gasteiger partial charge is 0.328 e. The normalized spacial score (nSPS) is 9.74. The van der Waals surface area contributed by atoms with Gasteiger partial charge in [-0.25, -0.2) is 0 Å². The van der Waals surface area contributed by atoms with Crippen molar-refractivity contribution in [2.75, 3.05) is 12.8 Å². The molecule has 0 aliphatic carbocycles. The third-order valence-electron chi connectivity index (χ3n) is 2.10. The van der Waals surface area contributed by atoms with Crippen LogP contribution in [0.5, 0.6) is 17.5 Å². The van der Waals surface area contributed by atoms with Crippen molar-refractivity contribution in [1.29, 1.82) is 5.26 Å². The first-order chi connectivity index (χ1) is 9.12. The summed E-state index contributed by atoms with van der Waals surface area (Å²) in [5, 5.41) is 8.72. The Morgan fingerprint density at radius 1 is 1.26 bits per heavy atom. The molecule has 0 spiro atoms. The fourth-order valence-electron chi connectivity index (χ4n) is 1.31. The Balaban J connectivity index is 2.35. The van der Waals surface area contributed by atoms with Gasteiger partial charge in [0.15, 0.2) is 11.5 Å². The van der Waals surface area contributed by atoms with E-state index in [4.69, 9.17) is 32.1 Å². The van der Waals surface area contributed by atoms with Gasteiger partial charge in [0.1, 0.15) is 0 Å². The van der Waals surface area contributed by atoms with E-state index >= 15 is 0 Å². The van der Waals surface area contributed by atoms with Crippen LogP contribution in [0, 0.1) is 11.3 Å². The van der Waals surface area contributed by atoms with Gasteiger partial charge in [-0.3, -0.25) is 0 Å². The number of aromatic nitrogens is 3. The third-order valence-corrected chi connectivity index (χ3v) is 2.27. The quantitative estimate of drug-likeness (QED) is 0.911. The van der Waals surface area contributed by atoms with Gasteiger partial charge in [0.2, 0.25) is 11.2 Å². The van der Waals surface area contributed by atoms with Crippen molar-refractivity contribution >= 4 is 17.5 Å². The van der Waals surface area contributed by atoms with Crippen molar-refractivity contribution in [3.8, 4) is 23.6 Å². The second-order valence-corrected chi connectivity index (χ2v) is 3.66. The average Bonchev–Trinajstić information content (AvgIpc) is 2.38. The Morgan fingerprint density at radius 3 is 2.68 bits per heavy atom. The number of nitrogen functional groups attached to an aromatic ring is 1. The summed E-state index contributed by atoms with van der Waals surface area (Å²) in [5.74, 6) is 0.653. The van der Waals surface area contributed by atoms with E-state index in [1.54, 1.807) is 12.1 Å². The van der Waals surface area contributed by atoms with Gasteiger partial charge in [-0.1, -0.05) is 0 Å². The van der Waals surface area contributed by atoms with E-state index < -0.39 is 0 Å². The molecule has 2 aromatic rings. The van der Waals surface area contributed by atoms with Crippen molar-refractivity contribution in [2.45, 2.75) is 0 Å². The van der Waals surface area contributed by atoms with E-state index in [2.05, 4.69) is 15.0 Å². The number of hydrogen-bond acceptors (Lipinski definition) is 7. The van der Waals surface area contributed by atoms with Crippen molar-refractivity contribution in [1.82, 2.24) is 15.0 Å². The lowest BCUT2D eigenvalue weighted by molar-refractivity contribution is 0.367. The van der Waals surface area contributed by atoms with Gasteiger partial charge in [0, 0.05) is 6.07 Å². The van der Waals surface area contributed by atoms with Crippen LogP contribution in [0.15, 0.2) is 18.2 Å². The lowest BCUT2D eigenvalue weighted by Gasteiger charge is -2.09. The van der Waals surface area contributed by atoms with Crippen LogP contribution in [-0.2, 0) is 0 Å². The molecule has 0 bridgehead atoms. The van der Waals surface area contributed by atoms with Gasteiger partial charge in [-0.2, -0.15) is 20.2 Å². The summed E-state index contributed by atoms with van der Waals surface area (Å²) in [7, 11) is 1.46. The minimum atomic E-state index is -0.0740. The zero-order valence-electron chi connectivity index (χ0n) is 9.79. The predicted octanol–water partition coefficient (Wildman–Crippen LogP) is 1.78. The summed E-state index contributed by atoms with van der Waals surface area (Å²) >= 11 is 5.64. The van der Waals surface area contributed by atoms with Crippen molar-refractivity contribution < 1.29 is 9.47 Å². The maximum atomic E-state index is 8.80. The molecule has 19 heavy (non-hydrogen) atoms. The number of hydrogen-bond donors (Lipinski definition) is 1. The van der Waals surface area contributed by atoms with E-state index in [9.17, 15) is 0 Å². The zero-order chi connectivity index (χ0) is 13.8. The van der Waals surface area contributed by atoms with Crippen LogP contribution >= 0.6 is 11.6 Å². The number of nitriles is 1. The number of halogens is 1. The predicted molar refractivity (Wildman–Crippen MR) is 67.0 cm³/mol. The molecule has 1 heterocycles. The number of rotatable bonds is 3. The third kappa shape index (κ3) is 3.00.